The Morgan fingerprint density at radius 1 is 1.29 bits per heavy atom. The summed E-state index contributed by atoms with van der Waals surface area (Å²) in [5.41, 5.74) is 2.63. The molecule has 1 N–H and O–H groups in total. The summed E-state index contributed by atoms with van der Waals surface area (Å²) in [6.07, 6.45) is 1.56. The average molecular weight is 189 g/mol. The second kappa shape index (κ2) is 3.18. The highest BCUT2D eigenvalue weighted by Gasteiger charge is 2.10. The molecule has 3 heteroatoms. The van der Waals surface area contributed by atoms with Crippen molar-refractivity contribution in [3.8, 4) is 17.1 Å². The molecule has 0 aliphatic rings. The molecule has 3 nitrogen and oxygen atoms in total. The van der Waals surface area contributed by atoms with Gasteiger partial charge in [0.05, 0.1) is 11.8 Å². The molecule has 2 aromatic rings. The van der Waals surface area contributed by atoms with Crippen molar-refractivity contribution in [3.63, 3.8) is 0 Å². The molecule has 1 aromatic carbocycles. The fraction of sp³-hybridized carbons (Fsp3) is 0.182. The van der Waals surface area contributed by atoms with Crippen LogP contribution in [0.1, 0.15) is 11.1 Å². The number of hydrogen-bond donors (Lipinski definition) is 1. The summed E-state index contributed by atoms with van der Waals surface area (Å²) in [6, 6.07) is 5.53. The van der Waals surface area contributed by atoms with E-state index in [4.69, 9.17) is 4.52 Å². The lowest BCUT2D eigenvalue weighted by Gasteiger charge is -2.05. The zero-order valence-corrected chi connectivity index (χ0v) is 8.11. The number of hydrogen-bond acceptors (Lipinski definition) is 3. The van der Waals surface area contributed by atoms with Crippen molar-refractivity contribution in [1.82, 2.24) is 5.16 Å². The van der Waals surface area contributed by atoms with E-state index >= 15 is 0 Å². The zero-order valence-electron chi connectivity index (χ0n) is 8.11. The molecule has 0 spiro atoms. The summed E-state index contributed by atoms with van der Waals surface area (Å²) in [4.78, 5) is 0. The van der Waals surface area contributed by atoms with Gasteiger partial charge < -0.3 is 9.63 Å². The molecule has 0 saturated heterocycles. The predicted octanol–water partition coefficient (Wildman–Crippen LogP) is 2.66. The Bertz CT molecular complexity index is 447. The normalized spacial score (nSPS) is 10.4. The van der Waals surface area contributed by atoms with Crippen LogP contribution in [-0.2, 0) is 0 Å². The van der Waals surface area contributed by atoms with Crippen LogP contribution in [-0.4, -0.2) is 10.3 Å². The van der Waals surface area contributed by atoms with E-state index in [0.29, 0.717) is 11.3 Å². The number of aryl methyl sites for hydroxylation is 2. The lowest BCUT2D eigenvalue weighted by Crippen LogP contribution is -1.83. The Balaban J connectivity index is 2.64. The van der Waals surface area contributed by atoms with Gasteiger partial charge in [0.2, 0.25) is 0 Å². The van der Waals surface area contributed by atoms with E-state index in [1.807, 2.05) is 26.0 Å². The molecule has 1 heterocycles. The molecule has 72 valence electrons. The molecular weight excluding hydrogens is 178 g/mol. The van der Waals surface area contributed by atoms with Crippen molar-refractivity contribution in [2.24, 2.45) is 0 Å². The van der Waals surface area contributed by atoms with E-state index in [1.165, 1.54) is 0 Å². The quantitative estimate of drug-likeness (QED) is 0.750. The first-order chi connectivity index (χ1) is 6.68. The molecule has 0 saturated carbocycles. The van der Waals surface area contributed by atoms with Gasteiger partial charge in [-0.15, -0.1) is 0 Å². The summed E-state index contributed by atoms with van der Waals surface area (Å²) >= 11 is 0. The molecule has 0 fully saturated rings. The second-order valence-corrected chi connectivity index (χ2v) is 3.35. The van der Waals surface area contributed by atoms with E-state index in [1.54, 1.807) is 12.3 Å². The van der Waals surface area contributed by atoms with Crippen molar-refractivity contribution >= 4 is 0 Å². The van der Waals surface area contributed by atoms with Gasteiger partial charge in [-0.2, -0.15) is 0 Å². The van der Waals surface area contributed by atoms with Crippen LogP contribution in [0.2, 0.25) is 0 Å². The Labute approximate surface area is 82.0 Å². The maximum atomic E-state index is 9.81. The first-order valence-corrected chi connectivity index (χ1v) is 4.40. The van der Waals surface area contributed by atoms with Crippen LogP contribution in [0, 0.1) is 13.8 Å². The van der Waals surface area contributed by atoms with E-state index in [-0.39, 0.29) is 5.75 Å². The van der Waals surface area contributed by atoms with E-state index in [2.05, 4.69) is 5.16 Å². The number of aromatic hydroxyl groups is 1. The first kappa shape index (κ1) is 8.81. The molecule has 0 radical (unpaired) electrons. The molecule has 0 bridgehead atoms. The fourth-order valence-electron chi connectivity index (χ4n) is 1.50. The van der Waals surface area contributed by atoms with Gasteiger partial charge in [0.1, 0.15) is 5.75 Å². The molecule has 2 rings (SSSR count). The average Bonchev–Trinajstić information content (AvgIpc) is 2.63. The number of phenols is 1. The lowest BCUT2D eigenvalue weighted by molar-refractivity contribution is 0.425. The predicted molar refractivity (Wildman–Crippen MR) is 53.1 cm³/mol. The second-order valence-electron chi connectivity index (χ2n) is 3.35. The SMILES string of the molecule is Cc1cc(C)c(O)c(-c2ccno2)c1. The zero-order chi connectivity index (χ0) is 10.1. The highest BCUT2D eigenvalue weighted by atomic mass is 16.5. The summed E-state index contributed by atoms with van der Waals surface area (Å²) in [5, 5.41) is 13.4. The van der Waals surface area contributed by atoms with E-state index in [9.17, 15) is 5.11 Å². The van der Waals surface area contributed by atoms with Crippen molar-refractivity contribution in [2.75, 3.05) is 0 Å². The summed E-state index contributed by atoms with van der Waals surface area (Å²) in [7, 11) is 0. The number of benzene rings is 1. The molecular formula is C11H11NO2. The Morgan fingerprint density at radius 2 is 2.07 bits per heavy atom. The van der Waals surface area contributed by atoms with Crippen LogP contribution in [0.4, 0.5) is 0 Å². The van der Waals surface area contributed by atoms with Crippen molar-refractivity contribution in [2.45, 2.75) is 13.8 Å². The maximum Gasteiger partial charge on any atom is 0.170 e. The van der Waals surface area contributed by atoms with Crippen LogP contribution in [0.5, 0.6) is 5.75 Å². The molecule has 0 aliphatic heterocycles. The Hall–Kier alpha value is -1.77. The molecule has 0 amide bonds. The van der Waals surface area contributed by atoms with Gasteiger partial charge in [0.25, 0.3) is 0 Å². The molecule has 1 aromatic heterocycles. The van der Waals surface area contributed by atoms with Crippen LogP contribution in [0.3, 0.4) is 0 Å². The van der Waals surface area contributed by atoms with Gasteiger partial charge in [0.15, 0.2) is 5.76 Å². The maximum absolute atomic E-state index is 9.81. The van der Waals surface area contributed by atoms with Crippen LogP contribution >= 0.6 is 0 Å². The van der Waals surface area contributed by atoms with E-state index < -0.39 is 0 Å². The third-order valence-corrected chi connectivity index (χ3v) is 2.15. The lowest BCUT2D eigenvalue weighted by atomic mass is 10.0. The van der Waals surface area contributed by atoms with Crippen molar-refractivity contribution in [1.29, 1.82) is 0 Å². The monoisotopic (exact) mass is 189 g/mol. The minimum atomic E-state index is 0.257. The molecule has 0 unspecified atom stereocenters. The largest absolute Gasteiger partial charge is 0.507 e. The number of aromatic nitrogens is 1. The summed E-state index contributed by atoms with van der Waals surface area (Å²) in [6.45, 7) is 3.84. The topological polar surface area (TPSA) is 46.3 Å². The minimum Gasteiger partial charge on any atom is -0.507 e. The molecule has 0 aliphatic carbocycles. The van der Waals surface area contributed by atoms with Gasteiger partial charge in [0, 0.05) is 6.07 Å². The number of nitrogens with zero attached hydrogens (tertiary/aromatic N) is 1. The van der Waals surface area contributed by atoms with Crippen molar-refractivity contribution in [3.05, 3.63) is 35.5 Å². The Kier molecular flexibility index (Phi) is 2.00. The molecule has 0 atom stereocenters. The third-order valence-electron chi connectivity index (χ3n) is 2.15. The Morgan fingerprint density at radius 3 is 2.71 bits per heavy atom. The van der Waals surface area contributed by atoms with E-state index in [0.717, 1.165) is 11.1 Å². The van der Waals surface area contributed by atoms with Gasteiger partial charge in [-0.1, -0.05) is 11.2 Å². The third kappa shape index (κ3) is 1.37. The van der Waals surface area contributed by atoms with Gasteiger partial charge in [-0.05, 0) is 31.0 Å². The fourth-order valence-corrected chi connectivity index (χ4v) is 1.50. The first-order valence-electron chi connectivity index (χ1n) is 4.40. The molecule has 14 heavy (non-hydrogen) atoms. The standard InChI is InChI=1S/C11H11NO2/c1-7-5-8(2)11(13)9(6-7)10-3-4-12-14-10/h3-6,13H,1-2H3. The van der Waals surface area contributed by atoms with Crippen LogP contribution in [0.15, 0.2) is 28.9 Å². The van der Waals surface area contributed by atoms with Crippen molar-refractivity contribution < 1.29 is 9.63 Å². The number of rotatable bonds is 1. The van der Waals surface area contributed by atoms with Gasteiger partial charge in [-0.3, -0.25) is 0 Å². The summed E-state index contributed by atoms with van der Waals surface area (Å²) < 4.78 is 5.00. The number of phenolic OH excluding ortho intramolecular Hbond substituents is 1. The van der Waals surface area contributed by atoms with Gasteiger partial charge in [-0.25, -0.2) is 0 Å². The highest BCUT2D eigenvalue weighted by Crippen LogP contribution is 2.32. The summed E-state index contributed by atoms with van der Waals surface area (Å²) in [5.74, 6) is 0.849. The smallest absolute Gasteiger partial charge is 0.170 e. The minimum absolute atomic E-state index is 0.257. The van der Waals surface area contributed by atoms with Crippen LogP contribution < -0.4 is 0 Å². The van der Waals surface area contributed by atoms with Gasteiger partial charge >= 0.3 is 0 Å². The highest BCUT2D eigenvalue weighted by molar-refractivity contribution is 5.68. The van der Waals surface area contributed by atoms with Crippen LogP contribution in [0.25, 0.3) is 11.3 Å².